The second-order valence-electron chi connectivity index (χ2n) is 4.19. The smallest absolute Gasteiger partial charge is 0.407 e. The van der Waals surface area contributed by atoms with Gasteiger partial charge in [-0.2, -0.15) is 5.26 Å². The van der Waals surface area contributed by atoms with Crippen molar-refractivity contribution in [1.82, 2.24) is 10.6 Å². The van der Waals surface area contributed by atoms with Crippen molar-refractivity contribution in [2.45, 2.75) is 38.8 Å². The van der Waals surface area contributed by atoms with Gasteiger partial charge in [0.1, 0.15) is 5.60 Å². The molecule has 1 amide bonds. The first-order valence-corrected chi connectivity index (χ1v) is 4.93. The van der Waals surface area contributed by atoms with Crippen LogP contribution in [-0.2, 0) is 4.74 Å². The molecule has 0 aliphatic carbocycles. The van der Waals surface area contributed by atoms with E-state index in [1.54, 1.807) is 27.8 Å². The standard InChI is InChI=1S/C10H19N3O2/c1-10(2,3)15-9(14)13-6-5-8(7-11)12-4/h8,12H,5-6H2,1-4H3,(H,13,14). The Morgan fingerprint density at radius 1 is 1.53 bits per heavy atom. The quantitative estimate of drug-likeness (QED) is 0.731. The van der Waals surface area contributed by atoms with Crippen molar-refractivity contribution in [2.75, 3.05) is 13.6 Å². The molecule has 0 spiro atoms. The number of nitrogens with zero attached hydrogens (tertiary/aromatic N) is 1. The zero-order valence-corrected chi connectivity index (χ0v) is 9.76. The van der Waals surface area contributed by atoms with E-state index in [1.165, 1.54) is 0 Å². The van der Waals surface area contributed by atoms with E-state index in [-0.39, 0.29) is 6.04 Å². The van der Waals surface area contributed by atoms with Gasteiger partial charge in [-0.25, -0.2) is 4.79 Å². The molecule has 0 heterocycles. The number of ether oxygens (including phenoxy) is 1. The summed E-state index contributed by atoms with van der Waals surface area (Å²) in [7, 11) is 1.71. The zero-order valence-electron chi connectivity index (χ0n) is 9.76. The number of amides is 1. The highest BCUT2D eigenvalue weighted by Crippen LogP contribution is 2.06. The monoisotopic (exact) mass is 213 g/mol. The molecule has 0 saturated carbocycles. The summed E-state index contributed by atoms with van der Waals surface area (Å²) in [6.45, 7) is 5.84. The average Bonchev–Trinajstić information content (AvgIpc) is 2.09. The maximum atomic E-state index is 11.2. The van der Waals surface area contributed by atoms with Crippen LogP contribution in [0.25, 0.3) is 0 Å². The second-order valence-corrected chi connectivity index (χ2v) is 4.19. The van der Waals surface area contributed by atoms with Gasteiger partial charge in [-0.3, -0.25) is 0 Å². The summed E-state index contributed by atoms with van der Waals surface area (Å²) >= 11 is 0. The molecule has 0 aromatic heterocycles. The maximum Gasteiger partial charge on any atom is 0.407 e. The van der Waals surface area contributed by atoms with Gasteiger partial charge in [0.15, 0.2) is 0 Å². The van der Waals surface area contributed by atoms with E-state index >= 15 is 0 Å². The molecule has 0 aromatic carbocycles. The van der Waals surface area contributed by atoms with Gasteiger partial charge in [0.25, 0.3) is 0 Å². The Hall–Kier alpha value is -1.28. The highest BCUT2D eigenvalue weighted by Gasteiger charge is 2.15. The molecular weight excluding hydrogens is 194 g/mol. The minimum absolute atomic E-state index is 0.236. The number of carbonyl (C=O) groups is 1. The Labute approximate surface area is 90.8 Å². The van der Waals surface area contributed by atoms with Gasteiger partial charge in [-0.1, -0.05) is 0 Å². The SMILES string of the molecule is CNC(C#N)CCNC(=O)OC(C)(C)C. The van der Waals surface area contributed by atoms with Crippen molar-refractivity contribution in [1.29, 1.82) is 5.26 Å². The van der Waals surface area contributed by atoms with Gasteiger partial charge in [0, 0.05) is 6.54 Å². The highest BCUT2D eigenvalue weighted by molar-refractivity contribution is 5.67. The van der Waals surface area contributed by atoms with E-state index in [2.05, 4.69) is 16.7 Å². The van der Waals surface area contributed by atoms with Crippen molar-refractivity contribution >= 4 is 6.09 Å². The van der Waals surface area contributed by atoms with Gasteiger partial charge in [-0.15, -0.1) is 0 Å². The Morgan fingerprint density at radius 2 is 2.13 bits per heavy atom. The molecule has 0 saturated heterocycles. The van der Waals surface area contributed by atoms with E-state index in [0.717, 1.165) is 0 Å². The molecule has 5 heteroatoms. The molecule has 0 fully saturated rings. The first-order chi connectivity index (χ1) is 6.89. The predicted molar refractivity (Wildman–Crippen MR) is 57.3 cm³/mol. The van der Waals surface area contributed by atoms with Gasteiger partial charge in [-0.05, 0) is 34.2 Å². The molecule has 2 N–H and O–H groups in total. The summed E-state index contributed by atoms with van der Waals surface area (Å²) in [4.78, 5) is 11.2. The van der Waals surface area contributed by atoms with Crippen LogP contribution in [0.1, 0.15) is 27.2 Å². The Kier molecular flexibility index (Phi) is 5.72. The Balaban J connectivity index is 3.69. The van der Waals surface area contributed by atoms with Gasteiger partial charge in [0.05, 0.1) is 12.1 Å². The Bertz CT molecular complexity index is 240. The summed E-state index contributed by atoms with van der Waals surface area (Å²) in [6, 6.07) is 1.83. The zero-order chi connectivity index (χ0) is 11.9. The van der Waals surface area contributed by atoms with Crippen molar-refractivity contribution in [3.8, 4) is 6.07 Å². The summed E-state index contributed by atoms with van der Waals surface area (Å²) < 4.78 is 5.03. The molecular formula is C10H19N3O2. The number of rotatable bonds is 4. The number of alkyl carbamates (subject to hydrolysis) is 1. The Morgan fingerprint density at radius 3 is 2.53 bits per heavy atom. The molecule has 0 aliphatic heterocycles. The summed E-state index contributed by atoms with van der Waals surface area (Å²) in [5, 5.41) is 14.0. The fraction of sp³-hybridized carbons (Fsp3) is 0.800. The topological polar surface area (TPSA) is 74.2 Å². The van der Waals surface area contributed by atoms with Crippen LogP contribution >= 0.6 is 0 Å². The first kappa shape index (κ1) is 13.7. The third-order valence-corrected chi connectivity index (χ3v) is 1.61. The van der Waals surface area contributed by atoms with Crippen LogP contribution in [0.2, 0.25) is 0 Å². The van der Waals surface area contributed by atoms with Gasteiger partial charge in [0.2, 0.25) is 0 Å². The molecule has 0 bridgehead atoms. The number of hydrogen-bond donors (Lipinski definition) is 2. The third kappa shape index (κ3) is 7.77. The lowest BCUT2D eigenvalue weighted by molar-refractivity contribution is 0.0526. The van der Waals surface area contributed by atoms with E-state index in [1.807, 2.05) is 0 Å². The lowest BCUT2D eigenvalue weighted by Crippen LogP contribution is -2.35. The lowest BCUT2D eigenvalue weighted by Gasteiger charge is -2.19. The fourth-order valence-corrected chi connectivity index (χ4v) is 0.906. The molecule has 15 heavy (non-hydrogen) atoms. The van der Waals surface area contributed by atoms with Crippen molar-refractivity contribution in [3.63, 3.8) is 0 Å². The third-order valence-electron chi connectivity index (χ3n) is 1.61. The number of nitrogens with one attached hydrogen (secondary N) is 2. The molecule has 0 radical (unpaired) electrons. The molecule has 0 aliphatic rings. The van der Waals surface area contributed by atoms with Crippen LogP contribution in [-0.4, -0.2) is 31.3 Å². The van der Waals surface area contributed by atoms with Crippen molar-refractivity contribution < 1.29 is 9.53 Å². The van der Waals surface area contributed by atoms with Crippen LogP contribution in [0.4, 0.5) is 4.79 Å². The maximum absolute atomic E-state index is 11.2. The van der Waals surface area contributed by atoms with Crippen LogP contribution < -0.4 is 10.6 Å². The summed E-state index contributed by atoms with van der Waals surface area (Å²) in [5.41, 5.74) is -0.484. The van der Waals surface area contributed by atoms with Crippen molar-refractivity contribution in [3.05, 3.63) is 0 Å². The average molecular weight is 213 g/mol. The van der Waals surface area contributed by atoms with Gasteiger partial charge < -0.3 is 15.4 Å². The van der Waals surface area contributed by atoms with Crippen molar-refractivity contribution in [2.24, 2.45) is 0 Å². The summed E-state index contributed by atoms with van der Waals surface area (Å²) in [5.74, 6) is 0. The number of hydrogen-bond acceptors (Lipinski definition) is 4. The first-order valence-electron chi connectivity index (χ1n) is 4.93. The van der Waals surface area contributed by atoms with E-state index in [4.69, 9.17) is 10.00 Å². The number of nitriles is 1. The van der Waals surface area contributed by atoms with E-state index < -0.39 is 11.7 Å². The molecule has 5 nitrogen and oxygen atoms in total. The van der Waals surface area contributed by atoms with E-state index in [0.29, 0.717) is 13.0 Å². The van der Waals surface area contributed by atoms with Crippen LogP contribution in [0.3, 0.4) is 0 Å². The van der Waals surface area contributed by atoms with Gasteiger partial charge >= 0.3 is 6.09 Å². The van der Waals surface area contributed by atoms with Crippen LogP contribution in [0.5, 0.6) is 0 Å². The molecule has 0 rings (SSSR count). The van der Waals surface area contributed by atoms with Crippen LogP contribution in [0, 0.1) is 11.3 Å². The fourth-order valence-electron chi connectivity index (χ4n) is 0.906. The largest absolute Gasteiger partial charge is 0.444 e. The molecule has 0 aromatic rings. The summed E-state index contributed by atoms with van der Waals surface area (Å²) in [6.07, 6.45) is 0.113. The lowest BCUT2D eigenvalue weighted by atomic mass is 10.2. The van der Waals surface area contributed by atoms with Crippen LogP contribution in [0.15, 0.2) is 0 Å². The molecule has 86 valence electrons. The number of carbonyl (C=O) groups excluding carboxylic acids is 1. The van der Waals surface area contributed by atoms with E-state index in [9.17, 15) is 4.79 Å². The highest BCUT2D eigenvalue weighted by atomic mass is 16.6. The molecule has 1 unspecified atom stereocenters. The predicted octanol–water partition coefficient (Wildman–Crippen LogP) is 1.01. The minimum atomic E-state index is -0.484. The molecule has 1 atom stereocenters. The normalized spacial score (nSPS) is 12.7. The minimum Gasteiger partial charge on any atom is -0.444 e. The second kappa shape index (κ2) is 6.25.